The summed E-state index contributed by atoms with van der Waals surface area (Å²) in [6, 6.07) is 0.491. The molecule has 18 heavy (non-hydrogen) atoms. The van der Waals surface area contributed by atoms with Gasteiger partial charge in [0, 0.05) is 25.7 Å². The van der Waals surface area contributed by atoms with E-state index in [0.717, 1.165) is 13.1 Å². The molecule has 0 aromatic heterocycles. The van der Waals surface area contributed by atoms with Crippen LogP contribution < -0.4 is 0 Å². The van der Waals surface area contributed by atoms with E-state index in [1.807, 2.05) is 18.7 Å². The molecule has 1 fully saturated rings. The molecule has 1 amide bonds. The Morgan fingerprint density at radius 1 is 1.17 bits per heavy atom. The largest absolute Gasteiger partial charge is 0.395 e. The number of hydrogen-bond donors (Lipinski definition) is 1. The fourth-order valence-electron chi connectivity index (χ4n) is 2.82. The number of carbonyl (C=O) groups excluding carboxylic acids is 1. The predicted molar refractivity (Wildman–Crippen MR) is 73.5 cm³/mol. The minimum Gasteiger partial charge on any atom is -0.395 e. The smallest absolute Gasteiger partial charge is 0.236 e. The Kier molecular flexibility index (Phi) is 7.28. The lowest BCUT2D eigenvalue weighted by Crippen LogP contribution is -2.46. The van der Waals surface area contributed by atoms with Crippen LogP contribution in [-0.4, -0.2) is 59.6 Å². The number of amides is 1. The van der Waals surface area contributed by atoms with Crippen molar-refractivity contribution in [2.24, 2.45) is 0 Å². The molecule has 0 spiro atoms. The molecule has 4 nitrogen and oxygen atoms in total. The maximum atomic E-state index is 12.1. The number of aliphatic hydroxyl groups is 1. The van der Waals surface area contributed by atoms with Crippen LogP contribution in [0.2, 0.25) is 0 Å². The Morgan fingerprint density at radius 3 is 2.28 bits per heavy atom. The minimum absolute atomic E-state index is 0.141. The lowest BCUT2D eigenvalue weighted by Gasteiger charge is -2.34. The molecule has 1 N–H and O–H groups in total. The number of aliphatic hydroxyl groups excluding tert-OH is 1. The van der Waals surface area contributed by atoms with Gasteiger partial charge in [-0.2, -0.15) is 0 Å². The van der Waals surface area contributed by atoms with E-state index < -0.39 is 0 Å². The molecule has 1 rings (SSSR count). The topological polar surface area (TPSA) is 43.8 Å². The number of nitrogens with zero attached hydrogens (tertiary/aromatic N) is 2. The van der Waals surface area contributed by atoms with E-state index in [-0.39, 0.29) is 12.5 Å². The van der Waals surface area contributed by atoms with Crippen LogP contribution in [0.3, 0.4) is 0 Å². The van der Waals surface area contributed by atoms with Crippen LogP contribution in [-0.2, 0) is 4.79 Å². The first-order valence-corrected chi connectivity index (χ1v) is 7.35. The molecule has 1 saturated carbocycles. The molecule has 106 valence electrons. The van der Waals surface area contributed by atoms with Gasteiger partial charge in [-0.15, -0.1) is 0 Å². The van der Waals surface area contributed by atoms with Crippen molar-refractivity contribution in [2.75, 3.05) is 32.8 Å². The molecule has 0 saturated heterocycles. The normalized spacial score (nSPS) is 17.1. The summed E-state index contributed by atoms with van der Waals surface area (Å²) >= 11 is 0. The van der Waals surface area contributed by atoms with E-state index in [1.165, 1.54) is 32.1 Å². The van der Waals surface area contributed by atoms with Crippen LogP contribution in [0, 0.1) is 0 Å². The van der Waals surface area contributed by atoms with E-state index in [9.17, 15) is 4.79 Å². The summed E-state index contributed by atoms with van der Waals surface area (Å²) in [6.07, 6.45) is 6.17. The first-order valence-electron chi connectivity index (χ1n) is 7.35. The minimum atomic E-state index is 0.141. The summed E-state index contributed by atoms with van der Waals surface area (Å²) in [5.41, 5.74) is 0. The summed E-state index contributed by atoms with van der Waals surface area (Å²) < 4.78 is 0. The molecular weight excluding hydrogens is 228 g/mol. The van der Waals surface area contributed by atoms with Gasteiger partial charge in [-0.1, -0.05) is 19.3 Å². The van der Waals surface area contributed by atoms with E-state index >= 15 is 0 Å². The zero-order valence-corrected chi connectivity index (χ0v) is 11.9. The molecule has 0 aromatic carbocycles. The summed E-state index contributed by atoms with van der Waals surface area (Å²) in [6.45, 7) is 6.79. The van der Waals surface area contributed by atoms with Crippen molar-refractivity contribution in [1.82, 2.24) is 9.80 Å². The average Bonchev–Trinajstić information content (AvgIpc) is 2.40. The summed E-state index contributed by atoms with van der Waals surface area (Å²) in [7, 11) is 0. The van der Waals surface area contributed by atoms with Crippen LogP contribution in [0.4, 0.5) is 0 Å². The van der Waals surface area contributed by atoms with Gasteiger partial charge in [-0.25, -0.2) is 0 Å². The Morgan fingerprint density at radius 2 is 1.78 bits per heavy atom. The van der Waals surface area contributed by atoms with E-state index in [0.29, 0.717) is 19.1 Å². The highest BCUT2D eigenvalue weighted by Crippen LogP contribution is 2.22. The van der Waals surface area contributed by atoms with E-state index in [1.54, 1.807) is 0 Å². The maximum Gasteiger partial charge on any atom is 0.236 e. The van der Waals surface area contributed by atoms with Gasteiger partial charge in [0.1, 0.15) is 0 Å². The zero-order valence-electron chi connectivity index (χ0n) is 11.9. The van der Waals surface area contributed by atoms with Gasteiger partial charge in [0.05, 0.1) is 13.2 Å². The van der Waals surface area contributed by atoms with E-state index in [2.05, 4.69) is 4.90 Å². The molecule has 0 radical (unpaired) electrons. The third-order valence-corrected chi connectivity index (χ3v) is 3.93. The highest BCUT2D eigenvalue weighted by atomic mass is 16.3. The fraction of sp³-hybridized carbons (Fsp3) is 0.929. The van der Waals surface area contributed by atoms with Crippen LogP contribution in [0.1, 0.15) is 46.0 Å². The highest BCUT2D eigenvalue weighted by Gasteiger charge is 2.23. The van der Waals surface area contributed by atoms with Gasteiger partial charge in [-0.05, 0) is 26.7 Å². The van der Waals surface area contributed by atoms with E-state index in [4.69, 9.17) is 5.11 Å². The molecule has 0 heterocycles. The summed E-state index contributed by atoms with van der Waals surface area (Å²) in [5, 5.41) is 9.17. The molecule has 0 aromatic rings. The standard InChI is InChI=1S/C14H28N2O2/c1-3-15(4-2)14(18)12-16(10-11-17)13-8-6-5-7-9-13/h13,17H,3-12H2,1-2H3. The van der Waals surface area contributed by atoms with Gasteiger partial charge in [0.15, 0.2) is 0 Å². The third kappa shape index (κ3) is 4.58. The predicted octanol–water partition coefficient (Wildman–Crippen LogP) is 1.48. The molecule has 0 atom stereocenters. The van der Waals surface area contributed by atoms with Gasteiger partial charge in [-0.3, -0.25) is 9.69 Å². The second-order valence-electron chi connectivity index (χ2n) is 5.05. The first-order chi connectivity index (χ1) is 8.72. The second-order valence-corrected chi connectivity index (χ2v) is 5.05. The number of rotatable bonds is 7. The van der Waals surface area contributed by atoms with Crippen LogP contribution >= 0.6 is 0 Å². The van der Waals surface area contributed by atoms with Crippen molar-refractivity contribution in [3.63, 3.8) is 0 Å². The number of carbonyl (C=O) groups is 1. The number of likely N-dealkylation sites (N-methyl/N-ethyl adjacent to an activating group) is 1. The second kappa shape index (κ2) is 8.48. The van der Waals surface area contributed by atoms with Gasteiger partial charge >= 0.3 is 0 Å². The SMILES string of the molecule is CCN(CC)C(=O)CN(CCO)C1CCCCC1. The van der Waals surface area contributed by atoms with Crippen LogP contribution in [0.15, 0.2) is 0 Å². The summed E-state index contributed by atoms with van der Waals surface area (Å²) in [4.78, 5) is 16.2. The Bertz CT molecular complexity index is 236. The van der Waals surface area contributed by atoms with Gasteiger partial charge in [0.2, 0.25) is 5.91 Å². The molecule has 0 bridgehead atoms. The Labute approximate surface area is 111 Å². The molecule has 0 aliphatic heterocycles. The van der Waals surface area contributed by atoms with Gasteiger partial charge < -0.3 is 10.0 Å². The number of hydrogen-bond acceptors (Lipinski definition) is 3. The van der Waals surface area contributed by atoms with Crippen molar-refractivity contribution >= 4 is 5.91 Å². The molecule has 0 unspecified atom stereocenters. The maximum absolute atomic E-state index is 12.1. The Balaban J connectivity index is 2.52. The molecule has 4 heteroatoms. The van der Waals surface area contributed by atoms with Crippen LogP contribution in [0.5, 0.6) is 0 Å². The lowest BCUT2D eigenvalue weighted by atomic mass is 9.94. The van der Waals surface area contributed by atoms with Crippen molar-refractivity contribution in [3.8, 4) is 0 Å². The Hall–Kier alpha value is -0.610. The third-order valence-electron chi connectivity index (χ3n) is 3.93. The highest BCUT2D eigenvalue weighted by molar-refractivity contribution is 5.78. The monoisotopic (exact) mass is 256 g/mol. The van der Waals surface area contributed by atoms with Gasteiger partial charge in [0.25, 0.3) is 0 Å². The quantitative estimate of drug-likeness (QED) is 0.750. The van der Waals surface area contributed by atoms with Crippen molar-refractivity contribution in [2.45, 2.75) is 52.0 Å². The van der Waals surface area contributed by atoms with Crippen LogP contribution in [0.25, 0.3) is 0 Å². The fourth-order valence-corrected chi connectivity index (χ4v) is 2.82. The summed E-state index contributed by atoms with van der Waals surface area (Å²) in [5.74, 6) is 0.194. The molecular formula is C14H28N2O2. The zero-order chi connectivity index (χ0) is 13.4. The lowest BCUT2D eigenvalue weighted by molar-refractivity contribution is -0.133. The first kappa shape index (κ1) is 15.4. The molecule has 1 aliphatic carbocycles. The molecule has 1 aliphatic rings. The van der Waals surface area contributed by atoms with Crippen molar-refractivity contribution in [1.29, 1.82) is 0 Å². The van der Waals surface area contributed by atoms with Crippen molar-refractivity contribution < 1.29 is 9.90 Å². The van der Waals surface area contributed by atoms with Crippen molar-refractivity contribution in [3.05, 3.63) is 0 Å². The average molecular weight is 256 g/mol.